The van der Waals surface area contributed by atoms with Crippen LogP contribution in [0, 0.1) is 0 Å². The Balaban J connectivity index is 2.17. The summed E-state index contributed by atoms with van der Waals surface area (Å²) in [5.74, 6) is 0.782. The lowest BCUT2D eigenvalue weighted by Crippen LogP contribution is -2.30. The molecule has 1 atom stereocenters. The zero-order valence-corrected chi connectivity index (χ0v) is 16.1. The Kier molecular flexibility index (Phi) is 5.41. The molecule has 0 bridgehead atoms. The number of hydrogen-bond acceptors (Lipinski definition) is 6. The Morgan fingerprint density at radius 1 is 1.50 bits per heavy atom. The van der Waals surface area contributed by atoms with Gasteiger partial charge in [0.25, 0.3) is 0 Å². The van der Waals surface area contributed by atoms with Crippen molar-refractivity contribution in [2.45, 2.75) is 19.9 Å². The molecule has 7 nitrogen and oxygen atoms in total. The van der Waals surface area contributed by atoms with Crippen LogP contribution in [0.25, 0.3) is 0 Å². The molecule has 0 saturated carbocycles. The maximum Gasteiger partial charge on any atom is 0.338 e. The Bertz CT molecular complexity index is 875. The minimum atomic E-state index is -0.523. The second kappa shape index (κ2) is 7.74. The fourth-order valence-corrected chi connectivity index (χ4v) is 3.25. The summed E-state index contributed by atoms with van der Waals surface area (Å²) < 4.78 is 13.6. The Morgan fingerprint density at radius 2 is 2.31 bits per heavy atom. The molecule has 0 amide bonds. The summed E-state index contributed by atoms with van der Waals surface area (Å²) in [6, 6.07) is 5.15. The molecule has 1 unspecified atom stereocenters. The number of rotatable bonds is 6. The smallest absolute Gasteiger partial charge is 0.338 e. The van der Waals surface area contributed by atoms with E-state index in [4.69, 9.17) is 9.47 Å². The summed E-state index contributed by atoms with van der Waals surface area (Å²) >= 11 is 3.50. The number of benzene rings is 1. The lowest BCUT2D eigenvalue weighted by atomic mass is 9.95. The van der Waals surface area contributed by atoms with E-state index in [1.54, 1.807) is 4.68 Å². The third kappa shape index (κ3) is 3.37. The number of esters is 1. The third-order valence-electron chi connectivity index (χ3n) is 3.91. The normalized spacial score (nSPS) is 15.9. The standard InChI is InChI=1S/C18H19BrN4O3/c1-4-8-26-17(24)15-11(3)22-18-20-10-21-23(18)16(15)13-9-12(19)6-7-14(13)25-5-2/h4,6-7,9-10,16H,1,5,8H2,2-3H3,(H,20,21,22). The summed E-state index contributed by atoms with van der Waals surface area (Å²) in [5.41, 5.74) is 1.90. The summed E-state index contributed by atoms with van der Waals surface area (Å²) in [5, 5.41) is 7.41. The third-order valence-corrected chi connectivity index (χ3v) is 4.41. The average molecular weight is 419 g/mol. The SMILES string of the molecule is C=CCOC(=O)C1=C(C)Nc2ncnn2C1c1cc(Br)ccc1OCC. The van der Waals surface area contributed by atoms with E-state index < -0.39 is 12.0 Å². The van der Waals surface area contributed by atoms with Crippen molar-refractivity contribution in [3.63, 3.8) is 0 Å². The quantitative estimate of drug-likeness (QED) is 0.571. The molecule has 136 valence electrons. The molecule has 1 aliphatic heterocycles. The van der Waals surface area contributed by atoms with Gasteiger partial charge in [0.05, 0.1) is 12.2 Å². The summed E-state index contributed by atoms with van der Waals surface area (Å²) in [4.78, 5) is 17.0. The number of fused-ring (bicyclic) bond motifs is 1. The van der Waals surface area contributed by atoms with Crippen molar-refractivity contribution in [1.82, 2.24) is 14.8 Å². The summed E-state index contributed by atoms with van der Waals surface area (Å²) in [7, 11) is 0. The monoisotopic (exact) mass is 418 g/mol. The number of halogens is 1. The topological polar surface area (TPSA) is 78.3 Å². The summed E-state index contributed by atoms with van der Waals surface area (Å²) in [6.07, 6.45) is 2.98. The number of allylic oxidation sites excluding steroid dienone is 1. The zero-order chi connectivity index (χ0) is 18.7. The molecule has 8 heteroatoms. The van der Waals surface area contributed by atoms with Gasteiger partial charge >= 0.3 is 5.97 Å². The van der Waals surface area contributed by atoms with Gasteiger partial charge in [-0.15, -0.1) is 0 Å². The Labute approximate surface area is 159 Å². The Morgan fingerprint density at radius 3 is 3.04 bits per heavy atom. The number of hydrogen-bond donors (Lipinski definition) is 1. The molecule has 26 heavy (non-hydrogen) atoms. The van der Waals surface area contributed by atoms with Crippen LogP contribution in [0.5, 0.6) is 5.75 Å². The fraction of sp³-hybridized carbons (Fsp3) is 0.278. The highest BCUT2D eigenvalue weighted by atomic mass is 79.9. The molecular formula is C18H19BrN4O3. The molecule has 0 radical (unpaired) electrons. The van der Waals surface area contributed by atoms with Crippen molar-refractivity contribution in [2.24, 2.45) is 0 Å². The average Bonchev–Trinajstić information content (AvgIpc) is 3.08. The van der Waals surface area contributed by atoms with Crippen molar-refractivity contribution in [3.05, 3.63) is 58.5 Å². The molecule has 1 aromatic carbocycles. The predicted octanol–water partition coefficient (Wildman–Crippen LogP) is 3.46. The zero-order valence-electron chi connectivity index (χ0n) is 14.5. The van der Waals surface area contributed by atoms with Crippen molar-refractivity contribution in [3.8, 4) is 5.75 Å². The molecule has 1 N–H and O–H groups in total. The van der Waals surface area contributed by atoms with Gasteiger partial charge in [0.2, 0.25) is 5.95 Å². The molecule has 1 aliphatic rings. The van der Waals surface area contributed by atoms with Crippen LogP contribution >= 0.6 is 15.9 Å². The highest BCUT2D eigenvalue weighted by molar-refractivity contribution is 9.10. The lowest BCUT2D eigenvalue weighted by Gasteiger charge is -2.29. The molecule has 2 aromatic rings. The number of carbonyl (C=O) groups excluding carboxylic acids is 1. The first-order valence-electron chi connectivity index (χ1n) is 8.14. The van der Waals surface area contributed by atoms with Gasteiger partial charge in [0.15, 0.2) is 0 Å². The first-order valence-corrected chi connectivity index (χ1v) is 8.93. The number of ether oxygens (including phenoxy) is 2. The summed E-state index contributed by atoms with van der Waals surface area (Å²) in [6.45, 7) is 7.95. The van der Waals surface area contributed by atoms with Crippen LogP contribution in [0.2, 0.25) is 0 Å². The van der Waals surface area contributed by atoms with Crippen LogP contribution in [0.4, 0.5) is 5.95 Å². The van der Waals surface area contributed by atoms with Crippen LogP contribution in [0.3, 0.4) is 0 Å². The number of aromatic nitrogens is 3. The van der Waals surface area contributed by atoms with E-state index in [1.807, 2.05) is 32.0 Å². The van der Waals surface area contributed by atoms with Gasteiger partial charge in [-0.05, 0) is 32.0 Å². The number of carbonyl (C=O) groups is 1. The minimum absolute atomic E-state index is 0.128. The maximum absolute atomic E-state index is 12.8. The van der Waals surface area contributed by atoms with Gasteiger partial charge in [-0.2, -0.15) is 10.1 Å². The van der Waals surface area contributed by atoms with Crippen LogP contribution in [0.15, 0.2) is 52.9 Å². The van der Waals surface area contributed by atoms with E-state index in [0.29, 0.717) is 29.6 Å². The first-order chi connectivity index (χ1) is 12.6. The number of nitrogens with zero attached hydrogens (tertiary/aromatic N) is 3. The van der Waals surface area contributed by atoms with Gasteiger partial charge in [0, 0.05) is 15.7 Å². The van der Waals surface area contributed by atoms with Crippen LogP contribution < -0.4 is 10.1 Å². The van der Waals surface area contributed by atoms with E-state index in [0.717, 1.165) is 10.0 Å². The molecule has 1 aromatic heterocycles. The fourth-order valence-electron chi connectivity index (χ4n) is 2.88. The van der Waals surface area contributed by atoms with Crippen molar-refractivity contribution in [2.75, 3.05) is 18.5 Å². The van der Waals surface area contributed by atoms with E-state index in [9.17, 15) is 4.79 Å². The Hall–Kier alpha value is -2.61. The molecule has 3 rings (SSSR count). The van der Waals surface area contributed by atoms with E-state index in [1.165, 1.54) is 12.4 Å². The van der Waals surface area contributed by atoms with Crippen molar-refractivity contribution in [1.29, 1.82) is 0 Å². The minimum Gasteiger partial charge on any atom is -0.494 e. The van der Waals surface area contributed by atoms with Crippen molar-refractivity contribution >= 4 is 27.8 Å². The molecule has 0 saturated heterocycles. The van der Waals surface area contributed by atoms with Gasteiger partial charge in [0.1, 0.15) is 24.7 Å². The van der Waals surface area contributed by atoms with Crippen LogP contribution in [-0.2, 0) is 9.53 Å². The second-order valence-electron chi connectivity index (χ2n) is 5.60. The van der Waals surface area contributed by atoms with Crippen LogP contribution in [-0.4, -0.2) is 33.9 Å². The molecule has 0 aliphatic carbocycles. The van der Waals surface area contributed by atoms with Gasteiger partial charge < -0.3 is 14.8 Å². The maximum atomic E-state index is 12.8. The number of anilines is 1. The second-order valence-corrected chi connectivity index (χ2v) is 6.51. The van der Waals surface area contributed by atoms with E-state index >= 15 is 0 Å². The van der Waals surface area contributed by atoms with Crippen molar-refractivity contribution < 1.29 is 14.3 Å². The highest BCUT2D eigenvalue weighted by Crippen LogP contribution is 2.40. The lowest BCUT2D eigenvalue weighted by molar-refractivity contribution is -0.138. The number of nitrogens with one attached hydrogen (secondary N) is 1. The molecular weight excluding hydrogens is 400 g/mol. The molecule has 2 heterocycles. The first kappa shape index (κ1) is 18.2. The van der Waals surface area contributed by atoms with E-state index in [2.05, 4.69) is 37.9 Å². The molecule has 0 spiro atoms. The molecule has 0 fully saturated rings. The van der Waals surface area contributed by atoms with Gasteiger partial charge in [-0.25, -0.2) is 9.48 Å². The van der Waals surface area contributed by atoms with Gasteiger partial charge in [-0.3, -0.25) is 0 Å². The van der Waals surface area contributed by atoms with E-state index in [-0.39, 0.29) is 6.61 Å². The predicted molar refractivity (Wildman–Crippen MR) is 101 cm³/mol. The van der Waals surface area contributed by atoms with Gasteiger partial charge in [-0.1, -0.05) is 28.6 Å². The highest BCUT2D eigenvalue weighted by Gasteiger charge is 2.36. The largest absolute Gasteiger partial charge is 0.494 e. The van der Waals surface area contributed by atoms with Crippen LogP contribution in [0.1, 0.15) is 25.5 Å².